The molecule has 94 valence electrons. The second-order valence-electron chi connectivity index (χ2n) is 3.87. The average Bonchev–Trinajstić information content (AvgIpc) is 2.29. The summed E-state index contributed by atoms with van der Waals surface area (Å²) < 4.78 is 13.1. The predicted molar refractivity (Wildman–Crippen MR) is 69.9 cm³/mol. The summed E-state index contributed by atoms with van der Waals surface area (Å²) in [6.45, 7) is 2.23. The Labute approximate surface area is 109 Å². The summed E-state index contributed by atoms with van der Waals surface area (Å²) in [5.41, 5.74) is 7.03. The van der Waals surface area contributed by atoms with Crippen molar-refractivity contribution in [2.75, 3.05) is 11.1 Å². The average molecular weight is 267 g/mol. The molecule has 1 aromatic heterocycles. The molecule has 0 bridgehead atoms. The first-order valence-corrected chi connectivity index (χ1v) is 5.71. The van der Waals surface area contributed by atoms with Crippen LogP contribution in [0.5, 0.6) is 0 Å². The van der Waals surface area contributed by atoms with E-state index in [4.69, 9.17) is 17.3 Å². The van der Waals surface area contributed by atoms with Gasteiger partial charge < -0.3 is 11.1 Å². The van der Waals surface area contributed by atoms with E-state index in [0.29, 0.717) is 17.9 Å². The molecule has 0 atom stereocenters. The Kier molecular flexibility index (Phi) is 3.62. The van der Waals surface area contributed by atoms with E-state index in [2.05, 4.69) is 15.3 Å². The van der Waals surface area contributed by atoms with Crippen LogP contribution in [0.4, 0.5) is 16.2 Å². The fourth-order valence-electron chi connectivity index (χ4n) is 1.54. The molecule has 0 aliphatic heterocycles. The van der Waals surface area contributed by atoms with Crippen molar-refractivity contribution >= 4 is 23.4 Å². The lowest BCUT2D eigenvalue weighted by molar-refractivity contribution is 0.617. The molecule has 6 heteroatoms. The van der Waals surface area contributed by atoms with Crippen LogP contribution in [0.25, 0.3) is 0 Å². The molecule has 4 nitrogen and oxygen atoms in total. The number of nitrogens with one attached hydrogen (secondary N) is 1. The van der Waals surface area contributed by atoms with Crippen LogP contribution in [-0.4, -0.2) is 9.97 Å². The minimum Gasteiger partial charge on any atom is -0.368 e. The van der Waals surface area contributed by atoms with Crippen molar-refractivity contribution in [2.24, 2.45) is 0 Å². The van der Waals surface area contributed by atoms with Crippen molar-refractivity contribution in [3.63, 3.8) is 0 Å². The molecule has 0 unspecified atom stereocenters. The molecule has 2 aromatic rings. The molecule has 0 spiro atoms. The first-order valence-electron chi connectivity index (χ1n) is 5.33. The molecular formula is C12H12ClFN4. The quantitative estimate of drug-likeness (QED) is 0.839. The molecule has 1 heterocycles. The second-order valence-corrected chi connectivity index (χ2v) is 4.26. The van der Waals surface area contributed by atoms with Crippen molar-refractivity contribution in [3.8, 4) is 0 Å². The molecule has 1 aromatic carbocycles. The largest absolute Gasteiger partial charge is 0.368 e. The Morgan fingerprint density at radius 2 is 2.11 bits per heavy atom. The summed E-state index contributed by atoms with van der Waals surface area (Å²) in [5, 5.41) is 3.33. The maximum absolute atomic E-state index is 13.1. The maximum atomic E-state index is 13.1. The standard InChI is InChI=1S/C12H12ClFN4/c1-7-4-8(2-3-9(7)14)6-16-11-5-10(13)17-12(15)18-11/h2-5H,6H2,1H3,(H3,15,16,17,18). The van der Waals surface area contributed by atoms with E-state index in [1.807, 2.05) is 0 Å². The highest BCUT2D eigenvalue weighted by atomic mass is 35.5. The number of aromatic nitrogens is 2. The van der Waals surface area contributed by atoms with Crippen LogP contribution >= 0.6 is 11.6 Å². The van der Waals surface area contributed by atoms with Gasteiger partial charge in [-0.3, -0.25) is 0 Å². The van der Waals surface area contributed by atoms with Gasteiger partial charge in [-0.05, 0) is 24.1 Å². The summed E-state index contributed by atoms with van der Waals surface area (Å²) in [4.78, 5) is 7.74. The Bertz CT molecular complexity index is 554. The van der Waals surface area contributed by atoms with Gasteiger partial charge in [0, 0.05) is 12.6 Å². The predicted octanol–water partition coefficient (Wildman–Crippen LogP) is 2.77. The zero-order chi connectivity index (χ0) is 13.1. The Morgan fingerprint density at radius 3 is 2.78 bits per heavy atom. The van der Waals surface area contributed by atoms with Gasteiger partial charge in [0.05, 0.1) is 0 Å². The minimum atomic E-state index is -0.215. The van der Waals surface area contributed by atoms with Gasteiger partial charge in [-0.15, -0.1) is 0 Å². The van der Waals surface area contributed by atoms with Crippen LogP contribution in [-0.2, 0) is 6.54 Å². The molecule has 0 fully saturated rings. The van der Waals surface area contributed by atoms with E-state index in [0.717, 1.165) is 5.56 Å². The molecule has 0 amide bonds. The lowest BCUT2D eigenvalue weighted by Crippen LogP contribution is -2.04. The number of aryl methyl sites for hydroxylation is 1. The Hall–Kier alpha value is -1.88. The van der Waals surface area contributed by atoms with Gasteiger partial charge in [-0.2, -0.15) is 4.98 Å². The third-order valence-electron chi connectivity index (χ3n) is 2.41. The fourth-order valence-corrected chi connectivity index (χ4v) is 1.73. The highest BCUT2D eigenvalue weighted by Crippen LogP contribution is 2.14. The SMILES string of the molecule is Cc1cc(CNc2cc(Cl)nc(N)n2)ccc1F. The van der Waals surface area contributed by atoms with Crippen LogP contribution in [0.3, 0.4) is 0 Å². The van der Waals surface area contributed by atoms with Gasteiger partial charge in [-0.1, -0.05) is 23.7 Å². The zero-order valence-electron chi connectivity index (χ0n) is 9.74. The lowest BCUT2D eigenvalue weighted by Gasteiger charge is -2.07. The Balaban J connectivity index is 2.08. The van der Waals surface area contributed by atoms with Gasteiger partial charge in [0.1, 0.15) is 16.8 Å². The number of nitrogens with zero attached hydrogens (tertiary/aromatic N) is 2. The van der Waals surface area contributed by atoms with Gasteiger partial charge in [0.25, 0.3) is 0 Å². The van der Waals surface area contributed by atoms with E-state index in [1.165, 1.54) is 6.07 Å². The highest BCUT2D eigenvalue weighted by molar-refractivity contribution is 6.29. The van der Waals surface area contributed by atoms with E-state index >= 15 is 0 Å². The third kappa shape index (κ3) is 3.07. The fraction of sp³-hybridized carbons (Fsp3) is 0.167. The molecule has 2 rings (SSSR count). The third-order valence-corrected chi connectivity index (χ3v) is 2.60. The molecule has 0 saturated heterocycles. The molecule has 0 radical (unpaired) electrons. The van der Waals surface area contributed by atoms with E-state index in [9.17, 15) is 4.39 Å². The number of hydrogen-bond donors (Lipinski definition) is 2. The first kappa shape index (κ1) is 12.6. The number of benzene rings is 1. The number of rotatable bonds is 3. The van der Waals surface area contributed by atoms with Crippen LogP contribution < -0.4 is 11.1 Å². The van der Waals surface area contributed by atoms with E-state index in [-0.39, 0.29) is 16.9 Å². The zero-order valence-corrected chi connectivity index (χ0v) is 10.5. The van der Waals surface area contributed by atoms with Crippen molar-refractivity contribution in [3.05, 3.63) is 46.4 Å². The van der Waals surface area contributed by atoms with Crippen LogP contribution in [0.15, 0.2) is 24.3 Å². The maximum Gasteiger partial charge on any atom is 0.223 e. The molecule has 3 N–H and O–H groups in total. The van der Waals surface area contributed by atoms with Crippen molar-refractivity contribution in [1.82, 2.24) is 9.97 Å². The summed E-state index contributed by atoms with van der Waals surface area (Å²) >= 11 is 5.76. The molecule has 18 heavy (non-hydrogen) atoms. The Morgan fingerprint density at radius 1 is 1.33 bits per heavy atom. The highest BCUT2D eigenvalue weighted by Gasteiger charge is 2.02. The van der Waals surface area contributed by atoms with E-state index in [1.54, 1.807) is 25.1 Å². The van der Waals surface area contributed by atoms with Gasteiger partial charge in [-0.25, -0.2) is 9.37 Å². The molecule has 0 aliphatic carbocycles. The number of hydrogen-bond acceptors (Lipinski definition) is 4. The smallest absolute Gasteiger partial charge is 0.223 e. The van der Waals surface area contributed by atoms with Crippen LogP contribution in [0.2, 0.25) is 5.15 Å². The van der Waals surface area contributed by atoms with Crippen molar-refractivity contribution in [1.29, 1.82) is 0 Å². The number of halogens is 2. The normalized spacial score (nSPS) is 10.4. The summed E-state index contributed by atoms with van der Waals surface area (Å²) in [5.74, 6) is 0.433. The van der Waals surface area contributed by atoms with E-state index < -0.39 is 0 Å². The van der Waals surface area contributed by atoms with Crippen LogP contribution in [0, 0.1) is 12.7 Å². The van der Waals surface area contributed by atoms with Gasteiger partial charge in [0.2, 0.25) is 5.95 Å². The number of nitrogens with two attached hydrogens (primary N) is 1. The van der Waals surface area contributed by atoms with Gasteiger partial charge in [0.15, 0.2) is 0 Å². The lowest BCUT2D eigenvalue weighted by atomic mass is 10.1. The van der Waals surface area contributed by atoms with Crippen molar-refractivity contribution < 1.29 is 4.39 Å². The topological polar surface area (TPSA) is 63.8 Å². The first-order chi connectivity index (χ1) is 8.54. The summed E-state index contributed by atoms with van der Waals surface area (Å²) in [6, 6.07) is 6.50. The molecular weight excluding hydrogens is 255 g/mol. The molecule has 0 aliphatic rings. The van der Waals surface area contributed by atoms with Gasteiger partial charge >= 0.3 is 0 Å². The number of anilines is 2. The van der Waals surface area contributed by atoms with Crippen LogP contribution in [0.1, 0.15) is 11.1 Å². The number of nitrogen functional groups attached to an aromatic ring is 1. The second kappa shape index (κ2) is 5.18. The summed E-state index contributed by atoms with van der Waals surface area (Å²) in [7, 11) is 0. The molecule has 0 saturated carbocycles. The summed E-state index contributed by atoms with van der Waals surface area (Å²) in [6.07, 6.45) is 0. The monoisotopic (exact) mass is 266 g/mol. The van der Waals surface area contributed by atoms with Crippen molar-refractivity contribution in [2.45, 2.75) is 13.5 Å². The minimum absolute atomic E-state index is 0.111.